The number of allylic oxidation sites excluding steroid dienone is 1. The van der Waals surface area contributed by atoms with Crippen LogP contribution in [0.5, 0.6) is 17.4 Å². The highest BCUT2D eigenvalue weighted by molar-refractivity contribution is 5.61. The van der Waals surface area contributed by atoms with Crippen LogP contribution in [0.1, 0.15) is 28.3 Å². The van der Waals surface area contributed by atoms with Crippen LogP contribution >= 0.6 is 0 Å². The molecule has 31 heavy (non-hydrogen) atoms. The van der Waals surface area contributed by atoms with Crippen LogP contribution in [0.4, 0.5) is 0 Å². The van der Waals surface area contributed by atoms with E-state index in [-0.39, 0.29) is 18.1 Å². The molecule has 1 unspecified atom stereocenters. The van der Waals surface area contributed by atoms with Crippen molar-refractivity contribution in [3.63, 3.8) is 0 Å². The Morgan fingerprint density at radius 1 is 1.13 bits per heavy atom. The van der Waals surface area contributed by atoms with E-state index in [1.807, 2.05) is 48.5 Å². The second-order valence-electron chi connectivity index (χ2n) is 6.93. The number of benzene rings is 2. The molecule has 0 radical (unpaired) electrons. The molecule has 8 heteroatoms. The maximum atomic E-state index is 9.90. The zero-order chi connectivity index (χ0) is 21.8. The highest BCUT2D eigenvalue weighted by Crippen LogP contribution is 2.48. The van der Waals surface area contributed by atoms with Crippen molar-refractivity contribution < 1.29 is 18.9 Å². The first-order valence-electron chi connectivity index (χ1n) is 9.65. The number of aromatic amines is 1. The quantitative estimate of drug-likeness (QED) is 0.604. The van der Waals surface area contributed by atoms with Gasteiger partial charge in [0.15, 0.2) is 11.5 Å². The van der Waals surface area contributed by atoms with Crippen molar-refractivity contribution in [3.05, 3.63) is 82.4 Å². The molecular weight excluding hydrogens is 396 g/mol. The summed E-state index contributed by atoms with van der Waals surface area (Å²) in [5.41, 5.74) is 9.45. The van der Waals surface area contributed by atoms with E-state index in [1.54, 1.807) is 14.2 Å². The maximum absolute atomic E-state index is 9.90. The van der Waals surface area contributed by atoms with Gasteiger partial charge in [-0.05, 0) is 11.6 Å². The number of nitriles is 1. The Hall–Kier alpha value is -3.96. The van der Waals surface area contributed by atoms with Crippen LogP contribution in [0, 0.1) is 11.3 Å². The summed E-state index contributed by atoms with van der Waals surface area (Å²) in [5, 5.41) is 17.0. The first-order chi connectivity index (χ1) is 15.2. The van der Waals surface area contributed by atoms with E-state index in [2.05, 4.69) is 16.3 Å². The largest absolute Gasteiger partial charge is 0.493 e. The third kappa shape index (κ3) is 3.79. The van der Waals surface area contributed by atoms with Gasteiger partial charge >= 0.3 is 0 Å². The zero-order valence-corrected chi connectivity index (χ0v) is 17.2. The SMILES string of the molecule is COCc1[nH]nc2c1C(c1cccc(OC)c1OCc1ccccc1)C(C#N)=C(N)O2. The van der Waals surface area contributed by atoms with Crippen LogP contribution in [0.3, 0.4) is 0 Å². The smallest absolute Gasteiger partial charge is 0.244 e. The van der Waals surface area contributed by atoms with Crippen LogP contribution < -0.4 is 19.9 Å². The highest BCUT2D eigenvalue weighted by Gasteiger charge is 2.37. The molecule has 4 rings (SSSR count). The molecule has 0 amide bonds. The Labute approximate surface area is 179 Å². The Balaban J connectivity index is 1.85. The lowest BCUT2D eigenvalue weighted by molar-refractivity contribution is 0.180. The normalized spacial score (nSPS) is 15.1. The number of rotatable bonds is 7. The summed E-state index contributed by atoms with van der Waals surface area (Å²) in [4.78, 5) is 0. The third-order valence-electron chi connectivity index (χ3n) is 5.07. The van der Waals surface area contributed by atoms with E-state index >= 15 is 0 Å². The number of ether oxygens (including phenoxy) is 4. The molecule has 2 aromatic carbocycles. The molecular formula is C23H22N4O4. The molecule has 0 fully saturated rings. The fourth-order valence-corrected chi connectivity index (χ4v) is 3.68. The lowest BCUT2D eigenvalue weighted by Gasteiger charge is -2.26. The number of nitrogens with two attached hydrogens (primary N) is 1. The lowest BCUT2D eigenvalue weighted by Crippen LogP contribution is -2.22. The van der Waals surface area contributed by atoms with Crippen LogP contribution in [0.15, 0.2) is 60.0 Å². The van der Waals surface area contributed by atoms with Crippen LogP contribution in [-0.4, -0.2) is 24.4 Å². The van der Waals surface area contributed by atoms with Gasteiger partial charge in [0.2, 0.25) is 11.8 Å². The first kappa shape index (κ1) is 20.3. The number of nitrogens with one attached hydrogen (secondary N) is 1. The summed E-state index contributed by atoms with van der Waals surface area (Å²) in [6.07, 6.45) is 0. The molecule has 0 bridgehead atoms. The Kier molecular flexibility index (Phi) is 5.78. The average Bonchev–Trinajstić information content (AvgIpc) is 3.19. The van der Waals surface area contributed by atoms with Crippen molar-refractivity contribution in [2.75, 3.05) is 14.2 Å². The third-order valence-corrected chi connectivity index (χ3v) is 5.07. The minimum Gasteiger partial charge on any atom is -0.493 e. The molecule has 158 valence electrons. The average molecular weight is 418 g/mol. The van der Waals surface area contributed by atoms with Gasteiger partial charge in [-0.1, -0.05) is 42.5 Å². The van der Waals surface area contributed by atoms with Crippen molar-refractivity contribution in [1.29, 1.82) is 5.26 Å². The van der Waals surface area contributed by atoms with Crippen molar-refractivity contribution in [1.82, 2.24) is 10.2 Å². The van der Waals surface area contributed by atoms with Gasteiger partial charge in [0.25, 0.3) is 0 Å². The topological polar surface area (TPSA) is 115 Å². The van der Waals surface area contributed by atoms with Gasteiger partial charge in [0.05, 0.1) is 30.9 Å². The molecule has 8 nitrogen and oxygen atoms in total. The van der Waals surface area contributed by atoms with Crippen molar-refractivity contribution in [2.45, 2.75) is 19.1 Å². The Morgan fingerprint density at radius 3 is 2.65 bits per heavy atom. The molecule has 3 aromatic rings. The summed E-state index contributed by atoms with van der Waals surface area (Å²) in [5.74, 6) is 0.835. The number of hydrogen-bond donors (Lipinski definition) is 2. The Morgan fingerprint density at radius 2 is 1.94 bits per heavy atom. The Bertz CT molecular complexity index is 1150. The minimum absolute atomic E-state index is 0.00676. The summed E-state index contributed by atoms with van der Waals surface area (Å²) < 4.78 is 22.7. The predicted molar refractivity (Wildman–Crippen MR) is 112 cm³/mol. The van der Waals surface area contributed by atoms with E-state index in [9.17, 15) is 5.26 Å². The fraction of sp³-hybridized carbons (Fsp3) is 0.217. The molecule has 0 spiro atoms. The standard InChI is InChI=1S/C23H22N4O4/c1-28-13-17-20-19(16(11-24)22(25)31-23(20)27-26-17)15-9-6-10-18(29-2)21(15)30-12-14-7-4-3-5-8-14/h3-10,19H,12-13,25H2,1-2H3,(H,26,27). The zero-order valence-electron chi connectivity index (χ0n) is 17.2. The molecule has 1 aliphatic rings. The molecule has 0 saturated carbocycles. The molecule has 2 heterocycles. The maximum Gasteiger partial charge on any atom is 0.244 e. The monoisotopic (exact) mass is 418 g/mol. The van der Waals surface area contributed by atoms with E-state index in [4.69, 9.17) is 24.7 Å². The van der Waals surface area contributed by atoms with Crippen LogP contribution in [-0.2, 0) is 18.0 Å². The number of H-pyrrole nitrogens is 1. The molecule has 0 saturated heterocycles. The van der Waals surface area contributed by atoms with Gasteiger partial charge in [0, 0.05) is 12.7 Å². The fourth-order valence-electron chi connectivity index (χ4n) is 3.68. The van der Waals surface area contributed by atoms with Gasteiger partial charge in [-0.3, -0.25) is 5.10 Å². The van der Waals surface area contributed by atoms with Crippen LogP contribution in [0.25, 0.3) is 0 Å². The number of methoxy groups -OCH3 is 2. The number of nitrogens with zero attached hydrogens (tertiary/aromatic N) is 2. The number of hydrogen-bond acceptors (Lipinski definition) is 7. The van der Waals surface area contributed by atoms with Gasteiger partial charge in [-0.15, -0.1) is 5.10 Å². The lowest BCUT2D eigenvalue weighted by atomic mass is 9.83. The number of fused-ring (bicyclic) bond motifs is 1. The van der Waals surface area contributed by atoms with Crippen molar-refractivity contribution >= 4 is 0 Å². The second-order valence-corrected chi connectivity index (χ2v) is 6.93. The summed E-state index contributed by atoms with van der Waals surface area (Å²) in [6, 6.07) is 17.5. The predicted octanol–water partition coefficient (Wildman–Crippen LogP) is 3.36. The molecule has 1 aliphatic heterocycles. The molecule has 3 N–H and O–H groups in total. The first-order valence-corrected chi connectivity index (χ1v) is 9.65. The van der Waals surface area contributed by atoms with Crippen molar-refractivity contribution in [3.8, 4) is 23.4 Å². The summed E-state index contributed by atoms with van der Waals surface area (Å²) >= 11 is 0. The van der Waals surface area contributed by atoms with E-state index in [0.29, 0.717) is 35.2 Å². The van der Waals surface area contributed by atoms with E-state index in [0.717, 1.165) is 11.1 Å². The highest BCUT2D eigenvalue weighted by atomic mass is 16.5. The molecule has 1 aromatic heterocycles. The molecule has 1 atom stereocenters. The van der Waals surface area contributed by atoms with E-state index in [1.165, 1.54) is 0 Å². The van der Waals surface area contributed by atoms with Gasteiger partial charge in [-0.2, -0.15) is 5.26 Å². The van der Waals surface area contributed by atoms with Gasteiger partial charge < -0.3 is 24.7 Å². The van der Waals surface area contributed by atoms with E-state index < -0.39 is 5.92 Å². The van der Waals surface area contributed by atoms with Crippen LogP contribution in [0.2, 0.25) is 0 Å². The van der Waals surface area contributed by atoms with Crippen molar-refractivity contribution in [2.24, 2.45) is 5.73 Å². The van der Waals surface area contributed by atoms with Gasteiger partial charge in [-0.25, -0.2) is 0 Å². The molecule has 0 aliphatic carbocycles. The number of aromatic nitrogens is 2. The van der Waals surface area contributed by atoms with Gasteiger partial charge in [0.1, 0.15) is 18.2 Å². The minimum atomic E-state index is -0.557. The summed E-state index contributed by atoms with van der Waals surface area (Å²) in [7, 11) is 3.16. The number of para-hydroxylation sites is 1. The summed E-state index contributed by atoms with van der Waals surface area (Å²) in [6.45, 7) is 0.604. The second kappa shape index (κ2) is 8.81.